The zero-order valence-corrected chi connectivity index (χ0v) is 7.55. The highest BCUT2D eigenvalue weighted by Crippen LogP contribution is 2.12. The van der Waals surface area contributed by atoms with E-state index in [-0.39, 0.29) is 12.5 Å². The largest absolute Gasteiger partial charge is 0.355 e. The molecule has 0 unspecified atom stereocenters. The van der Waals surface area contributed by atoms with Gasteiger partial charge in [-0.3, -0.25) is 4.79 Å². The lowest BCUT2D eigenvalue weighted by Gasteiger charge is -2.10. The number of amides is 1. The fourth-order valence-corrected chi connectivity index (χ4v) is 1.52. The van der Waals surface area contributed by atoms with Crippen molar-refractivity contribution in [3.05, 3.63) is 0 Å². The fraction of sp³-hybridized carbons (Fsp3) is 0.875. The predicted molar refractivity (Wildman–Crippen MR) is 47.7 cm³/mol. The molecule has 0 saturated carbocycles. The number of nitrogens with one attached hydrogen (secondary N) is 1. The molecule has 12 heavy (non-hydrogen) atoms. The molecule has 1 atom stereocenters. The van der Waals surface area contributed by atoms with Gasteiger partial charge in [-0.2, -0.15) is 0 Å². The van der Waals surface area contributed by atoms with E-state index in [9.17, 15) is 4.79 Å². The van der Waals surface area contributed by atoms with Crippen molar-refractivity contribution in [1.29, 1.82) is 0 Å². The minimum atomic E-state index is -0.0513. The number of rotatable bonds is 3. The number of hydrogen-bond donors (Lipinski definition) is 2. The molecule has 0 bridgehead atoms. The fourth-order valence-electron chi connectivity index (χ4n) is 1.52. The number of carbonyl (C=O) groups excluding carboxylic acids is 1. The van der Waals surface area contributed by atoms with Crippen molar-refractivity contribution in [3.8, 4) is 0 Å². The van der Waals surface area contributed by atoms with Crippen LogP contribution in [0.4, 0.5) is 0 Å². The molecule has 3 N–H and O–H groups in total. The topological polar surface area (TPSA) is 58.4 Å². The van der Waals surface area contributed by atoms with Gasteiger partial charge >= 0.3 is 0 Å². The molecule has 0 aromatic rings. The summed E-state index contributed by atoms with van der Waals surface area (Å²) in [5, 5.41) is 2.80. The van der Waals surface area contributed by atoms with Crippen molar-refractivity contribution in [1.82, 2.24) is 10.2 Å². The lowest BCUT2D eigenvalue weighted by atomic mass is 10.1. The summed E-state index contributed by atoms with van der Waals surface area (Å²) in [4.78, 5) is 13.1. The van der Waals surface area contributed by atoms with Gasteiger partial charge in [0.1, 0.15) is 0 Å². The molecule has 0 aliphatic carbocycles. The molecule has 1 rings (SSSR count). The van der Waals surface area contributed by atoms with Crippen LogP contribution in [0.5, 0.6) is 0 Å². The lowest BCUT2D eigenvalue weighted by molar-refractivity contribution is -0.119. The minimum absolute atomic E-state index is 0.0513. The van der Waals surface area contributed by atoms with Crippen molar-refractivity contribution in [2.45, 2.75) is 6.42 Å². The van der Waals surface area contributed by atoms with Crippen LogP contribution in [0.25, 0.3) is 0 Å². The second-order valence-corrected chi connectivity index (χ2v) is 3.43. The van der Waals surface area contributed by atoms with Crippen molar-refractivity contribution in [2.24, 2.45) is 11.7 Å². The molecule has 1 aliphatic rings. The highest BCUT2D eigenvalue weighted by Gasteiger charge is 2.19. The molecule has 1 amide bonds. The summed E-state index contributed by atoms with van der Waals surface area (Å²) in [6, 6.07) is 0. The van der Waals surface area contributed by atoms with E-state index in [1.807, 2.05) is 0 Å². The van der Waals surface area contributed by atoms with Crippen molar-refractivity contribution in [3.63, 3.8) is 0 Å². The standard InChI is InChI=1S/C8H17N3O/c1-11-3-2-7(6-11)5-10-8(12)4-9/h7H,2-6,9H2,1H3,(H,10,12)/t7-/m1/s1. The summed E-state index contributed by atoms with van der Waals surface area (Å²) in [6.07, 6.45) is 1.18. The first kappa shape index (κ1) is 9.48. The molecule has 0 aromatic heterocycles. The van der Waals surface area contributed by atoms with Gasteiger partial charge in [0.05, 0.1) is 6.54 Å². The Balaban J connectivity index is 2.11. The Kier molecular flexibility index (Phi) is 3.49. The quantitative estimate of drug-likeness (QED) is 0.573. The number of likely N-dealkylation sites (tertiary alicyclic amines) is 1. The van der Waals surface area contributed by atoms with Crippen LogP contribution in [0, 0.1) is 5.92 Å². The van der Waals surface area contributed by atoms with Gasteiger partial charge in [0.15, 0.2) is 0 Å². The van der Waals surface area contributed by atoms with Crippen molar-refractivity contribution < 1.29 is 4.79 Å². The van der Waals surface area contributed by atoms with E-state index in [0.29, 0.717) is 5.92 Å². The first-order chi connectivity index (χ1) is 5.72. The Morgan fingerprint density at radius 3 is 3.00 bits per heavy atom. The van der Waals surface area contributed by atoms with E-state index >= 15 is 0 Å². The molecule has 1 heterocycles. The van der Waals surface area contributed by atoms with Gasteiger partial charge in [-0.15, -0.1) is 0 Å². The van der Waals surface area contributed by atoms with Crippen LogP contribution >= 0.6 is 0 Å². The number of carbonyl (C=O) groups is 1. The highest BCUT2D eigenvalue weighted by atomic mass is 16.1. The second kappa shape index (κ2) is 4.42. The van der Waals surface area contributed by atoms with Crippen LogP contribution in [-0.4, -0.2) is 44.0 Å². The summed E-state index contributed by atoms with van der Waals surface area (Å²) >= 11 is 0. The SMILES string of the molecule is CN1CC[C@H](CNC(=O)CN)C1. The lowest BCUT2D eigenvalue weighted by Crippen LogP contribution is -2.34. The highest BCUT2D eigenvalue weighted by molar-refractivity contribution is 5.77. The second-order valence-electron chi connectivity index (χ2n) is 3.43. The number of nitrogens with zero attached hydrogens (tertiary/aromatic N) is 1. The summed E-state index contributed by atoms with van der Waals surface area (Å²) in [5.74, 6) is 0.565. The van der Waals surface area contributed by atoms with Gasteiger partial charge in [0.25, 0.3) is 0 Å². The summed E-state index contributed by atoms with van der Waals surface area (Å²) in [7, 11) is 2.10. The van der Waals surface area contributed by atoms with Crippen LogP contribution < -0.4 is 11.1 Å². The van der Waals surface area contributed by atoms with E-state index in [2.05, 4.69) is 17.3 Å². The molecule has 4 nitrogen and oxygen atoms in total. The van der Waals surface area contributed by atoms with Crippen LogP contribution in [0.15, 0.2) is 0 Å². The van der Waals surface area contributed by atoms with Crippen LogP contribution in [-0.2, 0) is 4.79 Å². The summed E-state index contributed by atoms with van der Waals surface area (Å²) in [6.45, 7) is 3.11. The Morgan fingerprint density at radius 1 is 1.75 bits per heavy atom. The Labute approximate surface area is 73.1 Å². The van der Waals surface area contributed by atoms with Gasteiger partial charge in [-0.25, -0.2) is 0 Å². The van der Waals surface area contributed by atoms with Crippen LogP contribution in [0.3, 0.4) is 0 Å². The van der Waals surface area contributed by atoms with Gasteiger partial charge in [-0.05, 0) is 25.9 Å². The minimum Gasteiger partial charge on any atom is -0.355 e. The molecule has 0 aromatic carbocycles. The normalized spacial score (nSPS) is 24.3. The average Bonchev–Trinajstić information content (AvgIpc) is 2.47. The molecule has 1 fully saturated rings. The van der Waals surface area contributed by atoms with E-state index in [0.717, 1.165) is 19.6 Å². The summed E-state index contributed by atoms with van der Waals surface area (Å²) < 4.78 is 0. The summed E-state index contributed by atoms with van der Waals surface area (Å²) in [5.41, 5.74) is 5.16. The molecule has 0 spiro atoms. The van der Waals surface area contributed by atoms with Crippen molar-refractivity contribution in [2.75, 3.05) is 33.2 Å². The first-order valence-electron chi connectivity index (χ1n) is 4.37. The third-order valence-electron chi connectivity index (χ3n) is 2.26. The average molecular weight is 171 g/mol. The number of nitrogens with two attached hydrogens (primary N) is 1. The van der Waals surface area contributed by atoms with E-state index in [4.69, 9.17) is 5.73 Å². The first-order valence-corrected chi connectivity index (χ1v) is 4.37. The smallest absolute Gasteiger partial charge is 0.233 e. The third kappa shape index (κ3) is 2.79. The van der Waals surface area contributed by atoms with Gasteiger partial charge < -0.3 is 16.0 Å². The molecule has 70 valence electrons. The molecule has 4 heteroatoms. The van der Waals surface area contributed by atoms with Gasteiger partial charge in [0.2, 0.25) is 5.91 Å². The molecular weight excluding hydrogens is 154 g/mol. The van der Waals surface area contributed by atoms with Crippen molar-refractivity contribution >= 4 is 5.91 Å². The molecule has 1 aliphatic heterocycles. The maximum Gasteiger partial charge on any atom is 0.233 e. The van der Waals surface area contributed by atoms with Crippen LogP contribution in [0.1, 0.15) is 6.42 Å². The maximum absolute atomic E-state index is 10.8. The third-order valence-corrected chi connectivity index (χ3v) is 2.26. The van der Waals surface area contributed by atoms with Gasteiger partial charge in [-0.1, -0.05) is 0 Å². The zero-order valence-electron chi connectivity index (χ0n) is 7.55. The van der Waals surface area contributed by atoms with Gasteiger partial charge in [0, 0.05) is 13.1 Å². The maximum atomic E-state index is 10.8. The Morgan fingerprint density at radius 2 is 2.50 bits per heavy atom. The van der Waals surface area contributed by atoms with E-state index in [1.54, 1.807) is 0 Å². The number of hydrogen-bond acceptors (Lipinski definition) is 3. The zero-order chi connectivity index (χ0) is 8.97. The molecular formula is C8H17N3O. The molecule has 0 radical (unpaired) electrons. The van der Waals surface area contributed by atoms with E-state index in [1.165, 1.54) is 6.42 Å². The van der Waals surface area contributed by atoms with Crippen LogP contribution in [0.2, 0.25) is 0 Å². The van der Waals surface area contributed by atoms with E-state index < -0.39 is 0 Å². The predicted octanol–water partition coefficient (Wildman–Crippen LogP) is -0.987. The Bertz CT molecular complexity index is 160. The molecule has 1 saturated heterocycles. The Hall–Kier alpha value is -0.610. The monoisotopic (exact) mass is 171 g/mol.